The van der Waals surface area contributed by atoms with Gasteiger partial charge in [0.1, 0.15) is 0 Å². The topological polar surface area (TPSA) is 52.6 Å². The lowest BCUT2D eigenvalue weighted by Gasteiger charge is -2.09. The summed E-state index contributed by atoms with van der Waals surface area (Å²) in [6, 6.07) is 4.43. The van der Waals surface area contributed by atoms with E-state index in [1.54, 1.807) is 6.92 Å². The predicted molar refractivity (Wildman–Crippen MR) is 72.6 cm³/mol. The van der Waals surface area contributed by atoms with Crippen LogP contribution in [-0.4, -0.2) is 25.2 Å². The van der Waals surface area contributed by atoms with E-state index in [4.69, 9.17) is 21.1 Å². The molecule has 0 aliphatic heterocycles. The van der Waals surface area contributed by atoms with Crippen molar-refractivity contribution in [1.82, 2.24) is 0 Å². The van der Waals surface area contributed by atoms with Gasteiger partial charge in [-0.3, -0.25) is 0 Å². The summed E-state index contributed by atoms with van der Waals surface area (Å²) in [6.07, 6.45) is 1.70. The van der Waals surface area contributed by atoms with Crippen molar-refractivity contribution in [3.8, 4) is 0 Å². The van der Waals surface area contributed by atoms with Gasteiger partial charge in [0.05, 0.1) is 24.3 Å². The lowest BCUT2D eigenvalue weighted by molar-refractivity contribution is 0.0464. The van der Waals surface area contributed by atoms with Crippen LogP contribution in [0, 0.1) is 0 Å². The van der Waals surface area contributed by atoms with Crippen molar-refractivity contribution in [2.45, 2.75) is 26.7 Å². The molecule has 0 aliphatic carbocycles. The van der Waals surface area contributed by atoms with E-state index >= 15 is 0 Å². The molecule has 19 heavy (non-hydrogen) atoms. The van der Waals surface area contributed by atoms with Crippen LogP contribution in [0.4, 0.5) is 0 Å². The minimum Gasteiger partial charge on any atom is -0.462 e. The Bertz CT molecular complexity index is 457. The fourth-order valence-corrected chi connectivity index (χ4v) is 1.63. The molecule has 0 saturated heterocycles. The van der Waals surface area contributed by atoms with Crippen LogP contribution in [0.5, 0.6) is 0 Å². The summed E-state index contributed by atoms with van der Waals surface area (Å²) in [7, 11) is 0. The van der Waals surface area contributed by atoms with Gasteiger partial charge in [-0.2, -0.15) is 0 Å². The van der Waals surface area contributed by atoms with Gasteiger partial charge < -0.3 is 9.47 Å². The first-order valence-corrected chi connectivity index (χ1v) is 6.61. The summed E-state index contributed by atoms with van der Waals surface area (Å²) in [5.41, 5.74) is 0.315. The highest BCUT2D eigenvalue weighted by molar-refractivity contribution is 6.31. The largest absolute Gasteiger partial charge is 0.462 e. The van der Waals surface area contributed by atoms with E-state index < -0.39 is 11.9 Å². The molecular weight excluding hydrogens is 268 g/mol. The fourth-order valence-electron chi connectivity index (χ4n) is 1.46. The van der Waals surface area contributed by atoms with Crippen molar-refractivity contribution in [1.29, 1.82) is 0 Å². The van der Waals surface area contributed by atoms with Crippen molar-refractivity contribution >= 4 is 23.5 Å². The second kappa shape index (κ2) is 7.79. The third-order valence-corrected chi connectivity index (χ3v) is 2.66. The Balaban J connectivity index is 2.93. The number of carbonyl (C=O) groups is 2. The molecule has 5 heteroatoms. The summed E-state index contributed by atoms with van der Waals surface area (Å²) in [4.78, 5) is 23.7. The molecule has 0 amide bonds. The van der Waals surface area contributed by atoms with Gasteiger partial charge in [-0.15, -0.1) is 0 Å². The minimum atomic E-state index is -0.556. The Morgan fingerprint density at radius 3 is 2.42 bits per heavy atom. The molecule has 0 spiro atoms. The predicted octanol–water partition coefficient (Wildman–Crippen LogP) is 3.47. The summed E-state index contributed by atoms with van der Waals surface area (Å²) >= 11 is 5.84. The van der Waals surface area contributed by atoms with Crippen LogP contribution in [0.25, 0.3) is 0 Å². The Labute approximate surface area is 117 Å². The number of carbonyl (C=O) groups excluding carboxylic acids is 2. The molecule has 0 aliphatic rings. The molecule has 1 rings (SSSR count). The molecule has 1 aromatic carbocycles. The van der Waals surface area contributed by atoms with Gasteiger partial charge in [0.2, 0.25) is 0 Å². The second-order valence-electron chi connectivity index (χ2n) is 3.90. The maximum absolute atomic E-state index is 11.9. The highest BCUT2D eigenvalue weighted by Crippen LogP contribution is 2.18. The molecule has 0 fully saturated rings. The average Bonchev–Trinajstić information content (AvgIpc) is 2.39. The second-order valence-corrected chi connectivity index (χ2v) is 4.34. The number of rotatable bonds is 6. The highest BCUT2D eigenvalue weighted by atomic mass is 35.5. The molecule has 0 N–H and O–H groups in total. The zero-order valence-electron chi connectivity index (χ0n) is 11.1. The SMILES string of the molecule is CCCCOC(=O)c1cc(Cl)ccc1C(=O)OCC. The molecule has 0 heterocycles. The first-order chi connectivity index (χ1) is 9.10. The van der Waals surface area contributed by atoms with Crippen molar-refractivity contribution in [3.63, 3.8) is 0 Å². The van der Waals surface area contributed by atoms with Gasteiger partial charge in [-0.05, 0) is 31.5 Å². The van der Waals surface area contributed by atoms with Gasteiger partial charge >= 0.3 is 11.9 Å². The molecule has 0 saturated carbocycles. The molecule has 0 bridgehead atoms. The van der Waals surface area contributed by atoms with Crippen LogP contribution >= 0.6 is 11.6 Å². The molecular formula is C14H17ClO4. The van der Waals surface area contributed by atoms with Gasteiger partial charge in [0.25, 0.3) is 0 Å². The van der Waals surface area contributed by atoms with Crippen molar-refractivity contribution in [2.24, 2.45) is 0 Å². The number of halogens is 1. The Kier molecular flexibility index (Phi) is 6.36. The number of benzene rings is 1. The average molecular weight is 285 g/mol. The lowest BCUT2D eigenvalue weighted by atomic mass is 10.1. The maximum Gasteiger partial charge on any atom is 0.339 e. The van der Waals surface area contributed by atoms with Crippen LogP contribution in [0.3, 0.4) is 0 Å². The smallest absolute Gasteiger partial charge is 0.339 e. The number of ether oxygens (including phenoxy) is 2. The van der Waals surface area contributed by atoms with Crippen LogP contribution in [-0.2, 0) is 9.47 Å². The van der Waals surface area contributed by atoms with Crippen LogP contribution in [0.1, 0.15) is 47.4 Å². The Hall–Kier alpha value is -1.55. The standard InChI is InChI=1S/C14H17ClO4/c1-3-5-8-19-14(17)12-9-10(15)6-7-11(12)13(16)18-4-2/h6-7,9H,3-5,8H2,1-2H3. The van der Waals surface area contributed by atoms with E-state index in [1.807, 2.05) is 6.92 Å². The molecule has 0 unspecified atom stereocenters. The first-order valence-electron chi connectivity index (χ1n) is 6.24. The van der Waals surface area contributed by atoms with Gasteiger partial charge in [-0.25, -0.2) is 9.59 Å². The fraction of sp³-hybridized carbons (Fsp3) is 0.429. The van der Waals surface area contributed by atoms with E-state index in [2.05, 4.69) is 0 Å². The van der Waals surface area contributed by atoms with Gasteiger partial charge in [0.15, 0.2) is 0 Å². The lowest BCUT2D eigenvalue weighted by Crippen LogP contribution is -2.14. The molecule has 0 radical (unpaired) electrons. The Morgan fingerprint density at radius 1 is 1.11 bits per heavy atom. The molecule has 104 valence electrons. The quantitative estimate of drug-likeness (QED) is 0.593. The summed E-state index contributed by atoms with van der Waals surface area (Å²) in [6.45, 7) is 4.26. The molecule has 1 aromatic rings. The third-order valence-electron chi connectivity index (χ3n) is 2.43. The van der Waals surface area contributed by atoms with E-state index in [-0.39, 0.29) is 17.7 Å². The summed E-state index contributed by atoms with van der Waals surface area (Å²) in [5, 5.41) is 0.371. The maximum atomic E-state index is 11.9. The van der Waals surface area contributed by atoms with Gasteiger partial charge in [0, 0.05) is 5.02 Å². The van der Waals surface area contributed by atoms with Crippen LogP contribution in [0.2, 0.25) is 5.02 Å². The minimum absolute atomic E-state index is 0.141. The van der Waals surface area contributed by atoms with E-state index in [0.717, 1.165) is 12.8 Å². The monoisotopic (exact) mass is 284 g/mol. The molecule has 4 nitrogen and oxygen atoms in total. The molecule has 0 atom stereocenters. The number of hydrogen-bond donors (Lipinski definition) is 0. The van der Waals surface area contributed by atoms with Crippen molar-refractivity contribution < 1.29 is 19.1 Å². The van der Waals surface area contributed by atoms with Crippen LogP contribution < -0.4 is 0 Å². The van der Waals surface area contributed by atoms with E-state index in [1.165, 1.54) is 18.2 Å². The van der Waals surface area contributed by atoms with Crippen LogP contribution in [0.15, 0.2) is 18.2 Å². The first kappa shape index (κ1) is 15.5. The summed E-state index contributed by atoms with van der Waals surface area (Å²) < 4.78 is 9.98. The number of esters is 2. The highest BCUT2D eigenvalue weighted by Gasteiger charge is 2.19. The zero-order valence-corrected chi connectivity index (χ0v) is 11.8. The molecule has 0 aromatic heterocycles. The Morgan fingerprint density at radius 2 is 1.79 bits per heavy atom. The van der Waals surface area contributed by atoms with Crippen molar-refractivity contribution in [2.75, 3.05) is 13.2 Å². The normalized spacial score (nSPS) is 10.1. The third kappa shape index (κ3) is 4.56. The zero-order chi connectivity index (χ0) is 14.3. The van der Waals surface area contributed by atoms with E-state index in [9.17, 15) is 9.59 Å². The van der Waals surface area contributed by atoms with E-state index in [0.29, 0.717) is 11.6 Å². The van der Waals surface area contributed by atoms with Crippen molar-refractivity contribution in [3.05, 3.63) is 34.3 Å². The van der Waals surface area contributed by atoms with Gasteiger partial charge in [-0.1, -0.05) is 24.9 Å². The number of unbranched alkanes of at least 4 members (excludes halogenated alkanes) is 1. The number of hydrogen-bond acceptors (Lipinski definition) is 4. The summed E-state index contributed by atoms with van der Waals surface area (Å²) in [5.74, 6) is -1.11.